The highest BCUT2D eigenvalue weighted by Crippen LogP contribution is 2.43. The van der Waals surface area contributed by atoms with E-state index in [4.69, 9.17) is 4.74 Å². The molecule has 10 heteroatoms. The average molecular weight is 418 g/mol. The summed E-state index contributed by atoms with van der Waals surface area (Å²) in [5.74, 6) is -1.29. The number of rotatable bonds is 4. The highest BCUT2D eigenvalue weighted by Gasteiger charge is 2.58. The van der Waals surface area contributed by atoms with Crippen molar-refractivity contribution in [3.8, 4) is 0 Å². The summed E-state index contributed by atoms with van der Waals surface area (Å²) in [6.07, 6.45) is -6.81. The van der Waals surface area contributed by atoms with Gasteiger partial charge in [-0.15, -0.1) is 11.3 Å². The molecule has 1 aromatic heterocycles. The molecule has 152 valence electrons. The van der Waals surface area contributed by atoms with E-state index in [-0.39, 0.29) is 19.7 Å². The van der Waals surface area contributed by atoms with E-state index >= 15 is 0 Å². The summed E-state index contributed by atoms with van der Waals surface area (Å²) >= 11 is 0.659. The van der Waals surface area contributed by atoms with Crippen molar-refractivity contribution < 1.29 is 32.2 Å². The second-order valence-corrected chi connectivity index (χ2v) is 7.44. The number of nitrogens with zero attached hydrogens (tertiary/aromatic N) is 2. The molecule has 1 saturated heterocycles. The number of carbonyl (C=O) groups excluding carboxylic acids is 1. The van der Waals surface area contributed by atoms with Crippen LogP contribution in [0.2, 0.25) is 0 Å². The second-order valence-electron chi connectivity index (χ2n) is 6.58. The fourth-order valence-corrected chi connectivity index (χ4v) is 3.84. The first-order valence-electron chi connectivity index (χ1n) is 8.47. The number of benzene rings is 1. The van der Waals surface area contributed by atoms with Crippen LogP contribution in [0.5, 0.6) is 0 Å². The summed E-state index contributed by atoms with van der Waals surface area (Å²) in [7, 11) is 0. The molecule has 0 aliphatic carbocycles. The van der Waals surface area contributed by atoms with E-state index in [9.17, 15) is 27.5 Å². The van der Waals surface area contributed by atoms with E-state index in [1.54, 1.807) is 0 Å². The van der Waals surface area contributed by atoms with Crippen molar-refractivity contribution in [2.75, 3.05) is 19.7 Å². The smallest absolute Gasteiger partial charge is 0.374 e. The Hall–Kier alpha value is -2.04. The van der Waals surface area contributed by atoms with Gasteiger partial charge in [-0.2, -0.15) is 13.2 Å². The van der Waals surface area contributed by atoms with Crippen LogP contribution in [-0.2, 0) is 15.1 Å². The maximum atomic E-state index is 13.6. The maximum Gasteiger partial charge on any atom is 0.424 e. The van der Waals surface area contributed by atoms with Crippen LogP contribution >= 0.6 is 11.3 Å². The van der Waals surface area contributed by atoms with Gasteiger partial charge in [0.1, 0.15) is 16.9 Å². The molecule has 3 rings (SSSR count). The summed E-state index contributed by atoms with van der Waals surface area (Å²) in [6, 6.07) is 5.48. The van der Waals surface area contributed by atoms with Gasteiger partial charge in [-0.25, -0.2) is 9.37 Å². The van der Waals surface area contributed by atoms with Gasteiger partial charge >= 0.3 is 6.18 Å². The highest BCUT2D eigenvalue weighted by atomic mass is 32.1. The number of aliphatic hydroxyl groups is 1. The van der Waals surface area contributed by atoms with Crippen molar-refractivity contribution >= 4 is 17.2 Å². The third kappa shape index (κ3) is 4.18. The minimum Gasteiger partial charge on any atom is -0.374 e. The molecular formula is C18H18F4N2O3S. The topological polar surface area (TPSA) is 62.7 Å². The van der Waals surface area contributed by atoms with Gasteiger partial charge in [0.15, 0.2) is 0 Å². The van der Waals surface area contributed by atoms with Crippen LogP contribution in [0.15, 0.2) is 29.6 Å². The Morgan fingerprint density at radius 1 is 1.36 bits per heavy atom. The van der Waals surface area contributed by atoms with Crippen LogP contribution in [-0.4, -0.2) is 46.8 Å². The van der Waals surface area contributed by atoms with Gasteiger partial charge in [0, 0.05) is 17.6 Å². The molecule has 1 aliphatic rings. The molecule has 0 bridgehead atoms. The number of aryl methyl sites for hydroxylation is 1. The summed E-state index contributed by atoms with van der Waals surface area (Å²) < 4.78 is 59.4. The molecule has 2 atom stereocenters. The van der Waals surface area contributed by atoms with Gasteiger partial charge in [-0.1, -0.05) is 12.1 Å². The van der Waals surface area contributed by atoms with Crippen molar-refractivity contribution in [2.24, 2.45) is 0 Å². The largest absolute Gasteiger partial charge is 0.424 e. The third-order valence-electron chi connectivity index (χ3n) is 4.51. The van der Waals surface area contributed by atoms with Crippen LogP contribution in [0.4, 0.5) is 17.6 Å². The summed E-state index contributed by atoms with van der Waals surface area (Å²) in [6.45, 7) is 1.74. The normalized spacial score (nSPS) is 20.1. The number of morpholine rings is 1. The minimum absolute atomic E-state index is 0.00923. The lowest BCUT2D eigenvalue weighted by molar-refractivity contribution is -0.268. The molecule has 0 spiro atoms. The first kappa shape index (κ1) is 20.7. The van der Waals surface area contributed by atoms with Crippen LogP contribution in [0, 0.1) is 12.7 Å². The number of thiazole rings is 1. The molecule has 1 amide bonds. The van der Waals surface area contributed by atoms with Crippen molar-refractivity contribution in [1.82, 2.24) is 9.88 Å². The lowest BCUT2D eigenvalue weighted by Gasteiger charge is -2.35. The Bertz CT molecular complexity index is 840. The molecule has 1 aromatic carbocycles. The number of halogens is 4. The zero-order chi connectivity index (χ0) is 20.5. The van der Waals surface area contributed by atoms with E-state index in [2.05, 4.69) is 4.98 Å². The molecule has 1 fully saturated rings. The first-order valence-corrected chi connectivity index (χ1v) is 9.34. The summed E-state index contributed by atoms with van der Waals surface area (Å²) in [5, 5.41) is 11.2. The third-order valence-corrected chi connectivity index (χ3v) is 5.62. The van der Waals surface area contributed by atoms with Gasteiger partial charge in [0.25, 0.3) is 0 Å². The molecule has 0 saturated carbocycles. The molecule has 1 aliphatic heterocycles. The number of amides is 1. The van der Waals surface area contributed by atoms with Gasteiger partial charge in [0.2, 0.25) is 11.5 Å². The molecule has 2 unspecified atom stereocenters. The lowest BCUT2D eigenvalue weighted by atomic mass is 9.98. The molecule has 2 aromatic rings. The van der Waals surface area contributed by atoms with Gasteiger partial charge < -0.3 is 14.7 Å². The number of ether oxygens (including phenoxy) is 1. The fraction of sp³-hybridized carbons (Fsp3) is 0.444. The molecule has 2 heterocycles. The van der Waals surface area contributed by atoms with Crippen molar-refractivity contribution in [3.63, 3.8) is 0 Å². The van der Waals surface area contributed by atoms with Crippen LogP contribution in [0.25, 0.3) is 0 Å². The molecule has 0 radical (unpaired) electrons. The maximum absolute atomic E-state index is 13.6. The minimum atomic E-state index is -5.06. The van der Waals surface area contributed by atoms with E-state index in [1.807, 2.05) is 0 Å². The lowest BCUT2D eigenvalue weighted by Crippen LogP contribution is -2.49. The Morgan fingerprint density at radius 3 is 2.61 bits per heavy atom. The Labute approximate surface area is 162 Å². The number of alkyl halides is 3. The average Bonchev–Trinajstić information content (AvgIpc) is 3.08. The van der Waals surface area contributed by atoms with Crippen LogP contribution in [0.3, 0.4) is 0 Å². The van der Waals surface area contributed by atoms with Crippen molar-refractivity contribution in [1.29, 1.82) is 0 Å². The standard InChI is InChI=1S/C18H18F4N2O3S/c1-11-10-28-16(23-11)17(26,18(20,21)22)8-15(25)24-6-7-27-14(9-24)12-2-4-13(19)5-3-12/h2-5,10,14,26H,6-9H2,1H3. The predicted octanol–water partition coefficient (Wildman–Crippen LogP) is 3.33. The molecular weight excluding hydrogens is 400 g/mol. The van der Waals surface area contributed by atoms with Gasteiger partial charge in [0.05, 0.1) is 19.6 Å². The highest BCUT2D eigenvalue weighted by molar-refractivity contribution is 7.09. The Morgan fingerprint density at radius 2 is 2.04 bits per heavy atom. The fourth-order valence-electron chi connectivity index (χ4n) is 2.93. The summed E-state index contributed by atoms with van der Waals surface area (Å²) in [4.78, 5) is 17.6. The number of hydrogen-bond acceptors (Lipinski definition) is 5. The number of hydrogen-bond donors (Lipinski definition) is 1. The first-order chi connectivity index (χ1) is 13.1. The van der Waals surface area contributed by atoms with Crippen LogP contribution < -0.4 is 0 Å². The number of aromatic nitrogens is 1. The molecule has 28 heavy (non-hydrogen) atoms. The Balaban J connectivity index is 1.77. The zero-order valence-electron chi connectivity index (χ0n) is 14.9. The molecule has 1 N–H and O–H groups in total. The monoisotopic (exact) mass is 418 g/mol. The SMILES string of the molecule is Cc1csc(C(O)(CC(=O)N2CCOC(c3ccc(F)cc3)C2)C(F)(F)F)n1. The molecule has 5 nitrogen and oxygen atoms in total. The van der Waals surface area contributed by atoms with Crippen LogP contribution in [0.1, 0.15) is 28.8 Å². The van der Waals surface area contributed by atoms with E-state index in [0.717, 1.165) is 0 Å². The Kier molecular flexibility index (Phi) is 5.74. The quantitative estimate of drug-likeness (QED) is 0.774. The van der Waals surface area contributed by atoms with E-state index < -0.39 is 41.0 Å². The second kappa shape index (κ2) is 7.76. The van der Waals surface area contributed by atoms with E-state index in [1.165, 1.54) is 41.5 Å². The number of carbonyl (C=O) groups is 1. The van der Waals surface area contributed by atoms with E-state index in [0.29, 0.717) is 22.6 Å². The van der Waals surface area contributed by atoms with Crippen molar-refractivity contribution in [3.05, 3.63) is 51.7 Å². The predicted molar refractivity (Wildman–Crippen MR) is 93.1 cm³/mol. The van der Waals surface area contributed by atoms with Gasteiger partial charge in [-0.05, 0) is 24.6 Å². The van der Waals surface area contributed by atoms with Gasteiger partial charge in [-0.3, -0.25) is 4.79 Å². The zero-order valence-corrected chi connectivity index (χ0v) is 15.7. The summed E-state index contributed by atoms with van der Waals surface area (Å²) in [5.41, 5.74) is -2.41. The van der Waals surface area contributed by atoms with Crippen molar-refractivity contribution in [2.45, 2.75) is 31.2 Å².